The smallest absolute Gasteiger partial charge is 0.357 e. The van der Waals surface area contributed by atoms with Crippen molar-refractivity contribution < 1.29 is 22.7 Å². The third kappa shape index (κ3) is 4.54. The van der Waals surface area contributed by atoms with Crippen molar-refractivity contribution in [3.05, 3.63) is 54.4 Å². The van der Waals surface area contributed by atoms with Crippen LogP contribution in [0.4, 0.5) is 0 Å². The second kappa shape index (κ2) is 7.01. The fourth-order valence-electron chi connectivity index (χ4n) is 1.58. The highest BCUT2D eigenvalue weighted by atomic mass is 32.2. The molecule has 2 N–H and O–H groups in total. The molecule has 0 aliphatic heterocycles. The fourth-order valence-corrected chi connectivity index (χ4v) is 2.09. The topological polar surface area (TPSA) is 109 Å². The molecule has 2 rings (SSSR count). The maximum absolute atomic E-state index is 11.6. The van der Waals surface area contributed by atoms with Crippen molar-refractivity contribution in [1.29, 1.82) is 0 Å². The van der Waals surface area contributed by atoms with Crippen molar-refractivity contribution >= 4 is 16.0 Å². The first-order valence-electron chi connectivity index (χ1n) is 6.30. The van der Waals surface area contributed by atoms with Gasteiger partial charge in [-0.1, -0.05) is 6.07 Å². The number of carbonyl (C=O) groups is 1. The quantitative estimate of drug-likeness (QED) is 0.627. The van der Waals surface area contributed by atoms with Crippen LogP contribution >= 0.6 is 0 Å². The lowest BCUT2D eigenvalue weighted by molar-refractivity contribution is 0.0443. The number of carbonyl (C=O) groups excluding carboxylic acids is 1. The minimum absolute atomic E-state index is 0.00132. The van der Waals surface area contributed by atoms with Crippen molar-refractivity contribution in [3.8, 4) is 5.75 Å². The maximum Gasteiger partial charge on any atom is 0.357 e. The average molecular weight is 322 g/mol. The standard InChI is InChI=1S/C14H14N2O5S/c15-22(18,19)12-6-4-11(5-7-12)20-9-10-21-14(17)13-3-1-2-8-16-13/h1-8H,9-10H2,(H2,15,18,19). The number of hydrogen-bond donors (Lipinski definition) is 1. The van der Waals surface area contributed by atoms with Crippen LogP contribution in [0.5, 0.6) is 5.75 Å². The van der Waals surface area contributed by atoms with E-state index in [0.717, 1.165) is 0 Å². The molecule has 0 amide bonds. The number of nitrogens with zero attached hydrogens (tertiary/aromatic N) is 1. The van der Waals surface area contributed by atoms with Crippen LogP contribution in [0, 0.1) is 0 Å². The molecule has 1 aromatic heterocycles. The molecule has 0 radical (unpaired) electrons. The van der Waals surface area contributed by atoms with Gasteiger partial charge in [-0.3, -0.25) is 0 Å². The Kier molecular flexibility index (Phi) is 5.08. The molecule has 0 bridgehead atoms. The van der Waals surface area contributed by atoms with E-state index in [2.05, 4.69) is 4.98 Å². The third-order valence-corrected chi connectivity index (χ3v) is 3.54. The van der Waals surface area contributed by atoms with E-state index < -0.39 is 16.0 Å². The molecule has 0 fully saturated rings. The molecule has 0 unspecified atom stereocenters. The van der Waals surface area contributed by atoms with E-state index in [1.807, 2.05) is 0 Å². The molecule has 2 aromatic rings. The van der Waals surface area contributed by atoms with Gasteiger partial charge in [0.1, 0.15) is 24.7 Å². The summed E-state index contributed by atoms with van der Waals surface area (Å²) in [5.41, 5.74) is 0.222. The predicted molar refractivity (Wildman–Crippen MR) is 77.8 cm³/mol. The summed E-state index contributed by atoms with van der Waals surface area (Å²) in [7, 11) is -3.72. The van der Waals surface area contributed by atoms with Gasteiger partial charge in [0.25, 0.3) is 0 Å². The SMILES string of the molecule is NS(=O)(=O)c1ccc(OCCOC(=O)c2ccccn2)cc1. The minimum Gasteiger partial charge on any atom is -0.490 e. The average Bonchev–Trinajstić information content (AvgIpc) is 2.52. The van der Waals surface area contributed by atoms with Crippen LogP contribution in [0.2, 0.25) is 0 Å². The molecule has 8 heteroatoms. The Morgan fingerprint density at radius 1 is 1.09 bits per heavy atom. The summed E-state index contributed by atoms with van der Waals surface area (Å²) < 4.78 is 32.5. The highest BCUT2D eigenvalue weighted by Gasteiger charge is 2.08. The normalized spacial score (nSPS) is 11.0. The molecule has 7 nitrogen and oxygen atoms in total. The molecule has 0 spiro atoms. The number of aromatic nitrogens is 1. The number of benzene rings is 1. The molecule has 22 heavy (non-hydrogen) atoms. The second-order valence-corrected chi connectivity index (χ2v) is 5.78. The second-order valence-electron chi connectivity index (χ2n) is 4.22. The summed E-state index contributed by atoms with van der Waals surface area (Å²) in [6.45, 7) is 0.180. The van der Waals surface area contributed by atoms with E-state index in [-0.39, 0.29) is 23.8 Å². The van der Waals surface area contributed by atoms with E-state index in [9.17, 15) is 13.2 Å². The number of esters is 1. The lowest BCUT2D eigenvalue weighted by Crippen LogP contribution is -2.14. The van der Waals surface area contributed by atoms with Crippen molar-refractivity contribution in [2.45, 2.75) is 4.90 Å². The Morgan fingerprint density at radius 3 is 2.41 bits per heavy atom. The molecule has 0 aliphatic rings. The Hall–Kier alpha value is -2.45. The monoisotopic (exact) mass is 322 g/mol. The molecule has 0 aliphatic carbocycles. The highest BCUT2D eigenvalue weighted by Crippen LogP contribution is 2.14. The van der Waals surface area contributed by atoms with Crippen molar-refractivity contribution in [3.63, 3.8) is 0 Å². The van der Waals surface area contributed by atoms with Gasteiger partial charge in [0.15, 0.2) is 0 Å². The zero-order chi connectivity index (χ0) is 16.0. The molecule has 116 valence electrons. The Labute approximate surface area is 127 Å². The zero-order valence-electron chi connectivity index (χ0n) is 11.5. The zero-order valence-corrected chi connectivity index (χ0v) is 12.3. The van der Waals surface area contributed by atoms with Crippen LogP contribution in [-0.4, -0.2) is 32.6 Å². The fraction of sp³-hybridized carbons (Fsp3) is 0.143. The lowest BCUT2D eigenvalue weighted by Gasteiger charge is -2.07. The molecule has 0 saturated heterocycles. The van der Waals surface area contributed by atoms with Crippen molar-refractivity contribution in [2.24, 2.45) is 5.14 Å². The van der Waals surface area contributed by atoms with Gasteiger partial charge in [-0.25, -0.2) is 23.3 Å². The summed E-state index contributed by atoms with van der Waals surface area (Å²) in [6, 6.07) is 10.6. The molecular formula is C14H14N2O5S. The lowest BCUT2D eigenvalue weighted by atomic mass is 10.3. The largest absolute Gasteiger partial charge is 0.490 e. The first-order chi connectivity index (χ1) is 10.5. The van der Waals surface area contributed by atoms with Gasteiger partial charge >= 0.3 is 5.97 Å². The molecule has 0 atom stereocenters. The predicted octanol–water partition coefficient (Wildman–Crippen LogP) is 0.965. The van der Waals surface area contributed by atoms with E-state index in [0.29, 0.717) is 5.75 Å². The highest BCUT2D eigenvalue weighted by molar-refractivity contribution is 7.89. The van der Waals surface area contributed by atoms with Gasteiger partial charge < -0.3 is 9.47 Å². The Bertz CT molecular complexity index is 730. The van der Waals surface area contributed by atoms with E-state index in [4.69, 9.17) is 14.6 Å². The summed E-state index contributed by atoms with van der Waals surface area (Å²) in [6.07, 6.45) is 1.50. The Balaban J connectivity index is 1.78. The first kappa shape index (κ1) is 15.9. The van der Waals surface area contributed by atoms with Crippen LogP contribution in [0.25, 0.3) is 0 Å². The van der Waals surface area contributed by atoms with Crippen LogP contribution in [0.1, 0.15) is 10.5 Å². The summed E-state index contributed by atoms with van der Waals surface area (Å²) in [5.74, 6) is -0.0879. The van der Waals surface area contributed by atoms with Gasteiger partial charge in [-0.15, -0.1) is 0 Å². The number of hydrogen-bond acceptors (Lipinski definition) is 6. The number of nitrogens with two attached hydrogens (primary N) is 1. The van der Waals surface area contributed by atoms with Gasteiger partial charge in [0, 0.05) is 6.20 Å². The summed E-state index contributed by atoms with van der Waals surface area (Å²) in [5, 5.41) is 4.99. The number of pyridine rings is 1. The van der Waals surface area contributed by atoms with Gasteiger partial charge in [-0.2, -0.15) is 0 Å². The first-order valence-corrected chi connectivity index (χ1v) is 7.85. The number of sulfonamides is 1. The molecule has 0 saturated carbocycles. The number of primary sulfonamides is 1. The van der Waals surface area contributed by atoms with Crippen LogP contribution in [0.15, 0.2) is 53.6 Å². The molecule has 1 heterocycles. The Morgan fingerprint density at radius 2 is 1.82 bits per heavy atom. The summed E-state index contributed by atoms with van der Waals surface area (Å²) in [4.78, 5) is 15.5. The van der Waals surface area contributed by atoms with Crippen LogP contribution in [0.3, 0.4) is 0 Å². The van der Waals surface area contributed by atoms with Gasteiger partial charge in [0.05, 0.1) is 4.90 Å². The van der Waals surface area contributed by atoms with Gasteiger partial charge in [-0.05, 0) is 36.4 Å². The van der Waals surface area contributed by atoms with Crippen LogP contribution in [-0.2, 0) is 14.8 Å². The number of rotatable bonds is 6. The summed E-state index contributed by atoms with van der Waals surface area (Å²) >= 11 is 0. The number of ether oxygens (including phenoxy) is 2. The van der Waals surface area contributed by atoms with Crippen molar-refractivity contribution in [2.75, 3.05) is 13.2 Å². The maximum atomic E-state index is 11.6. The van der Waals surface area contributed by atoms with E-state index in [1.165, 1.54) is 30.5 Å². The molecule has 1 aromatic carbocycles. The van der Waals surface area contributed by atoms with Gasteiger partial charge in [0.2, 0.25) is 10.0 Å². The minimum atomic E-state index is -3.72. The van der Waals surface area contributed by atoms with Crippen molar-refractivity contribution in [1.82, 2.24) is 4.98 Å². The third-order valence-electron chi connectivity index (χ3n) is 2.61. The van der Waals surface area contributed by atoms with Crippen LogP contribution < -0.4 is 9.88 Å². The van der Waals surface area contributed by atoms with E-state index in [1.54, 1.807) is 18.2 Å². The molecular weight excluding hydrogens is 308 g/mol. The van der Waals surface area contributed by atoms with E-state index >= 15 is 0 Å².